The molecule has 1 rings (SSSR count). The third-order valence-corrected chi connectivity index (χ3v) is 2.47. The minimum atomic E-state index is 0.170. The zero-order valence-corrected chi connectivity index (χ0v) is 10.7. The van der Waals surface area contributed by atoms with E-state index < -0.39 is 0 Å². The number of hydrogen-bond acceptors (Lipinski definition) is 3. The number of imidazole rings is 1. The van der Waals surface area contributed by atoms with Crippen LogP contribution in [-0.4, -0.2) is 29.3 Å². The zero-order chi connectivity index (χ0) is 12.0. The molecule has 0 aliphatic carbocycles. The van der Waals surface area contributed by atoms with E-state index in [-0.39, 0.29) is 12.1 Å². The van der Waals surface area contributed by atoms with Crippen molar-refractivity contribution in [2.75, 3.05) is 13.7 Å². The maximum Gasteiger partial charge on any atom is 0.128 e. The number of ether oxygens (including phenoxy) is 1. The average molecular weight is 225 g/mol. The second-order valence-electron chi connectivity index (χ2n) is 4.20. The third kappa shape index (κ3) is 3.61. The second-order valence-corrected chi connectivity index (χ2v) is 4.20. The molecule has 0 amide bonds. The summed E-state index contributed by atoms with van der Waals surface area (Å²) in [5.41, 5.74) is 0. The first kappa shape index (κ1) is 13.2. The van der Waals surface area contributed by atoms with Crippen molar-refractivity contribution >= 4 is 0 Å². The largest absolute Gasteiger partial charge is 0.377 e. The molecule has 1 unspecified atom stereocenters. The highest BCUT2D eigenvalue weighted by Crippen LogP contribution is 2.12. The Morgan fingerprint density at radius 3 is 2.81 bits per heavy atom. The van der Waals surface area contributed by atoms with Gasteiger partial charge in [-0.3, -0.25) is 0 Å². The molecule has 0 saturated carbocycles. The van der Waals surface area contributed by atoms with Crippen molar-refractivity contribution in [3.05, 3.63) is 18.2 Å². The van der Waals surface area contributed by atoms with Gasteiger partial charge in [0.1, 0.15) is 5.82 Å². The summed E-state index contributed by atoms with van der Waals surface area (Å²) in [6, 6.07) is 0.170. The van der Waals surface area contributed by atoms with Crippen LogP contribution in [0.4, 0.5) is 0 Å². The van der Waals surface area contributed by atoms with Gasteiger partial charge in [0.25, 0.3) is 0 Å². The van der Waals surface area contributed by atoms with Crippen molar-refractivity contribution in [2.24, 2.45) is 0 Å². The number of rotatable bonds is 7. The second kappa shape index (κ2) is 6.66. The molecule has 1 N–H and O–H groups in total. The Balaban J connectivity index is 2.66. The Hall–Kier alpha value is -0.870. The molecule has 92 valence electrons. The van der Waals surface area contributed by atoms with Gasteiger partial charge in [0, 0.05) is 18.9 Å². The van der Waals surface area contributed by atoms with Crippen LogP contribution in [0, 0.1) is 0 Å². The molecule has 4 nitrogen and oxygen atoms in total. The number of aryl methyl sites for hydroxylation is 1. The lowest BCUT2D eigenvalue weighted by atomic mass is 10.3. The molecule has 1 heterocycles. The summed E-state index contributed by atoms with van der Waals surface area (Å²) in [4.78, 5) is 4.40. The topological polar surface area (TPSA) is 39.1 Å². The quantitative estimate of drug-likeness (QED) is 0.771. The molecule has 0 aromatic carbocycles. The van der Waals surface area contributed by atoms with Crippen LogP contribution < -0.4 is 5.32 Å². The monoisotopic (exact) mass is 225 g/mol. The summed E-state index contributed by atoms with van der Waals surface area (Å²) in [5.74, 6) is 1.06. The van der Waals surface area contributed by atoms with E-state index in [1.54, 1.807) is 0 Å². The van der Waals surface area contributed by atoms with Gasteiger partial charge in [0.15, 0.2) is 0 Å². The standard InChI is InChI=1S/C12H23N3O/c1-5-7-15-8-6-14-12(15)11(13-4)9-16-10(2)3/h6,8,10-11,13H,5,7,9H2,1-4H3. The predicted octanol–water partition coefficient (Wildman–Crippen LogP) is 1.98. The first-order valence-electron chi connectivity index (χ1n) is 5.98. The number of hydrogen-bond donors (Lipinski definition) is 1. The van der Waals surface area contributed by atoms with Gasteiger partial charge in [-0.15, -0.1) is 0 Å². The smallest absolute Gasteiger partial charge is 0.128 e. The normalized spacial score (nSPS) is 13.3. The van der Waals surface area contributed by atoms with Gasteiger partial charge in [-0.2, -0.15) is 0 Å². The van der Waals surface area contributed by atoms with Crippen LogP contribution in [0.1, 0.15) is 39.1 Å². The summed E-state index contributed by atoms with van der Waals surface area (Å²) in [7, 11) is 1.94. The Labute approximate surface area is 98.0 Å². The molecule has 0 fully saturated rings. The van der Waals surface area contributed by atoms with Gasteiger partial charge < -0.3 is 14.6 Å². The summed E-state index contributed by atoms with van der Waals surface area (Å²) in [6.07, 6.45) is 5.25. The predicted molar refractivity (Wildman–Crippen MR) is 65.4 cm³/mol. The van der Waals surface area contributed by atoms with Gasteiger partial charge in [0.2, 0.25) is 0 Å². The van der Waals surface area contributed by atoms with E-state index in [0.29, 0.717) is 6.61 Å². The van der Waals surface area contributed by atoms with Crippen LogP contribution in [0.5, 0.6) is 0 Å². The molecular weight excluding hydrogens is 202 g/mol. The van der Waals surface area contributed by atoms with Crippen molar-refractivity contribution in [2.45, 2.75) is 45.9 Å². The lowest BCUT2D eigenvalue weighted by molar-refractivity contribution is 0.0603. The molecule has 1 atom stereocenters. The Bertz CT molecular complexity index is 296. The van der Waals surface area contributed by atoms with Crippen LogP contribution in [0.15, 0.2) is 12.4 Å². The third-order valence-electron chi connectivity index (χ3n) is 2.47. The molecule has 0 aliphatic rings. The Morgan fingerprint density at radius 1 is 1.50 bits per heavy atom. The number of aromatic nitrogens is 2. The average Bonchev–Trinajstić information content (AvgIpc) is 2.68. The molecule has 0 radical (unpaired) electrons. The number of nitrogens with zero attached hydrogens (tertiary/aromatic N) is 2. The highest BCUT2D eigenvalue weighted by Gasteiger charge is 2.15. The maximum absolute atomic E-state index is 5.64. The first-order valence-corrected chi connectivity index (χ1v) is 5.98. The molecule has 0 spiro atoms. The van der Waals surface area contributed by atoms with Crippen LogP contribution in [0.25, 0.3) is 0 Å². The molecule has 0 saturated heterocycles. The van der Waals surface area contributed by atoms with Gasteiger partial charge >= 0.3 is 0 Å². The van der Waals surface area contributed by atoms with Gasteiger partial charge in [0.05, 0.1) is 18.8 Å². The Morgan fingerprint density at radius 2 is 2.25 bits per heavy atom. The lowest BCUT2D eigenvalue weighted by Gasteiger charge is -2.18. The molecule has 0 aliphatic heterocycles. The molecule has 4 heteroatoms. The van der Waals surface area contributed by atoms with Gasteiger partial charge in [-0.05, 0) is 27.3 Å². The molecule has 1 aromatic heterocycles. The number of likely N-dealkylation sites (N-methyl/N-ethyl adjacent to an activating group) is 1. The van der Waals surface area contributed by atoms with Crippen molar-refractivity contribution in [3.63, 3.8) is 0 Å². The molecule has 1 aromatic rings. The van der Waals surface area contributed by atoms with Crippen molar-refractivity contribution in [1.29, 1.82) is 0 Å². The minimum Gasteiger partial charge on any atom is -0.377 e. The van der Waals surface area contributed by atoms with E-state index in [0.717, 1.165) is 18.8 Å². The maximum atomic E-state index is 5.64. The van der Waals surface area contributed by atoms with Crippen molar-refractivity contribution in [3.8, 4) is 0 Å². The van der Waals surface area contributed by atoms with Crippen molar-refractivity contribution in [1.82, 2.24) is 14.9 Å². The van der Waals surface area contributed by atoms with E-state index in [1.165, 1.54) is 0 Å². The SMILES string of the molecule is CCCn1ccnc1C(COC(C)C)NC. The molecule has 0 bridgehead atoms. The highest BCUT2D eigenvalue weighted by molar-refractivity contribution is 4.99. The zero-order valence-electron chi connectivity index (χ0n) is 10.7. The summed E-state index contributed by atoms with van der Waals surface area (Å²) in [6.45, 7) is 7.93. The minimum absolute atomic E-state index is 0.170. The van der Waals surface area contributed by atoms with E-state index in [1.807, 2.05) is 33.3 Å². The van der Waals surface area contributed by atoms with Crippen LogP contribution in [-0.2, 0) is 11.3 Å². The highest BCUT2D eigenvalue weighted by atomic mass is 16.5. The van der Waals surface area contributed by atoms with E-state index in [9.17, 15) is 0 Å². The van der Waals surface area contributed by atoms with Crippen LogP contribution >= 0.6 is 0 Å². The van der Waals surface area contributed by atoms with E-state index >= 15 is 0 Å². The van der Waals surface area contributed by atoms with Gasteiger partial charge in [-0.25, -0.2) is 4.98 Å². The van der Waals surface area contributed by atoms with E-state index in [4.69, 9.17) is 4.74 Å². The van der Waals surface area contributed by atoms with E-state index in [2.05, 4.69) is 21.8 Å². The lowest BCUT2D eigenvalue weighted by Crippen LogP contribution is -2.26. The summed E-state index contributed by atoms with van der Waals surface area (Å²) < 4.78 is 7.82. The molecular formula is C12H23N3O. The fraction of sp³-hybridized carbons (Fsp3) is 0.750. The van der Waals surface area contributed by atoms with Crippen molar-refractivity contribution < 1.29 is 4.74 Å². The molecule has 16 heavy (non-hydrogen) atoms. The Kier molecular flexibility index (Phi) is 5.49. The van der Waals surface area contributed by atoms with Crippen LogP contribution in [0.3, 0.4) is 0 Å². The summed E-state index contributed by atoms with van der Waals surface area (Å²) >= 11 is 0. The fourth-order valence-electron chi connectivity index (χ4n) is 1.64. The first-order chi connectivity index (χ1) is 7.69. The fourth-order valence-corrected chi connectivity index (χ4v) is 1.64. The number of nitrogens with one attached hydrogen (secondary N) is 1. The van der Waals surface area contributed by atoms with Gasteiger partial charge in [-0.1, -0.05) is 6.92 Å². The summed E-state index contributed by atoms with van der Waals surface area (Å²) in [5, 5.41) is 3.25. The van der Waals surface area contributed by atoms with Crippen LogP contribution in [0.2, 0.25) is 0 Å².